The van der Waals surface area contributed by atoms with Crippen molar-refractivity contribution in [2.45, 2.75) is 13.8 Å². The number of amides is 1. The van der Waals surface area contributed by atoms with Gasteiger partial charge in [0.1, 0.15) is 18.2 Å². The molecule has 88 valence electrons. The predicted octanol–water partition coefficient (Wildman–Crippen LogP) is -0.160. The first-order valence-electron chi connectivity index (χ1n) is 4.81. The molecule has 0 radical (unpaired) electrons. The van der Waals surface area contributed by atoms with Crippen LogP contribution in [0.25, 0.3) is 0 Å². The molecule has 6 heteroatoms. The molecule has 0 aliphatic carbocycles. The van der Waals surface area contributed by atoms with Crippen LogP contribution in [0.2, 0.25) is 0 Å². The highest BCUT2D eigenvalue weighted by Gasteiger charge is 2.08. The number of carbonyl (C=O) groups is 2. The maximum absolute atomic E-state index is 11.4. The molecular formula is C10H15N3O3. The van der Waals surface area contributed by atoms with Crippen molar-refractivity contribution in [3.63, 3.8) is 0 Å². The second-order valence-electron chi connectivity index (χ2n) is 3.55. The average Bonchev–Trinajstić information content (AvgIpc) is 2.20. The Labute approximate surface area is 93.9 Å². The smallest absolute Gasteiger partial charge is 0.322 e. The second kappa shape index (κ2) is 7.29. The third-order valence-corrected chi connectivity index (χ3v) is 1.54. The maximum Gasteiger partial charge on any atom is 0.322 e. The number of carboxylic acid groups (broad SMARTS) is 1. The number of aliphatic carboxylic acids is 1. The van der Waals surface area contributed by atoms with Gasteiger partial charge >= 0.3 is 5.97 Å². The zero-order valence-electron chi connectivity index (χ0n) is 9.28. The lowest BCUT2D eigenvalue weighted by atomic mass is 10.2. The van der Waals surface area contributed by atoms with E-state index in [9.17, 15) is 9.59 Å². The minimum atomic E-state index is -1.06. The van der Waals surface area contributed by atoms with Crippen LogP contribution in [-0.4, -0.2) is 30.1 Å². The van der Waals surface area contributed by atoms with Crippen molar-refractivity contribution in [2.24, 2.45) is 5.92 Å². The number of nitrogens with zero attached hydrogens (tertiary/aromatic N) is 1. The zero-order chi connectivity index (χ0) is 12.6. The third-order valence-electron chi connectivity index (χ3n) is 1.54. The number of rotatable bonds is 6. The molecule has 6 nitrogen and oxygen atoms in total. The molecule has 0 spiro atoms. The summed E-state index contributed by atoms with van der Waals surface area (Å²) in [7, 11) is 0. The monoisotopic (exact) mass is 225 g/mol. The van der Waals surface area contributed by atoms with Crippen molar-refractivity contribution in [1.82, 2.24) is 10.6 Å². The van der Waals surface area contributed by atoms with E-state index < -0.39 is 11.9 Å². The minimum absolute atomic E-state index is 0.137. The lowest BCUT2D eigenvalue weighted by Gasteiger charge is -2.06. The Hall–Kier alpha value is -2.03. The molecule has 0 heterocycles. The summed E-state index contributed by atoms with van der Waals surface area (Å²) in [4.78, 5) is 21.5. The van der Waals surface area contributed by atoms with Crippen LogP contribution in [0.3, 0.4) is 0 Å². The Morgan fingerprint density at radius 3 is 2.56 bits per heavy atom. The number of carbonyl (C=O) groups excluding carboxylic acids is 1. The Balaban J connectivity index is 4.22. The van der Waals surface area contributed by atoms with Gasteiger partial charge in [-0.2, -0.15) is 5.26 Å². The SMILES string of the molecule is CC(C)CNC(=O)/C(C#N)=C\NCC(=O)O. The van der Waals surface area contributed by atoms with E-state index in [1.807, 2.05) is 13.8 Å². The van der Waals surface area contributed by atoms with Gasteiger partial charge in [-0.1, -0.05) is 13.8 Å². The lowest BCUT2D eigenvalue weighted by Crippen LogP contribution is -2.29. The van der Waals surface area contributed by atoms with Crippen LogP contribution in [0, 0.1) is 17.2 Å². The quantitative estimate of drug-likeness (QED) is 0.430. The first-order valence-corrected chi connectivity index (χ1v) is 4.81. The fourth-order valence-electron chi connectivity index (χ4n) is 0.781. The summed E-state index contributed by atoms with van der Waals surface area (Å²) in [6.07, 6.45) is 1.10. The molecule has 0 aromatic rings. The predicted molar refractivity (Wildman–Crippen MR) is 57.2 cm³/mol. The van der Waals surface area contributed by atoms with Gasteiger partial charge in [-0.05, 0) is 5.92 Å². The highest BCUT2D eigenvalue weighted by atomic mass is 16.4. The van der Waals surface area contributed by atoms with Crippen molar-refractivity contribution in [3.05, 3.63) is 11.8 Å². The van der Waals surface area contributed by atoms with Crippen molar-refractivity contribution < 1.29 is 14.7 Å². The summed E-state index contributed by atoms with van der Waals surface area (Å²) in [6, 6.07) is 1.69. The van der Waals surface area contributed by atoms with Gasteiger partial charge in [-0.25, -0.2) is 0 Å². The molecule has 0 aliphatic heterocycles. The molecule has 0 rings (SSSR count). The van der Waals surface area contributed by atoms with Gasteiger partial charge < -0.3 is 15.7 Å². The number of carboxylic acids is 1. The molecular weight excluding hydrogens is 210 g/mol. The summed E-state index contributed by atoms with van der Waals surface area (Å²) >= 11 is 0. The Kier molecular flexibility index (Phi) is 6.36. The molecule has 0 aliphatic rings. The van der Waals surface area contributed by atoms with E-state index in [-0.39, 0.29) is 18.0 Å². The number of hydrogen-bond donors (Lipinski definition) is 3. The molecule has 0 atom stereocenters. The Morgan fingerprint density at radius 1 is 1.50 bits per heavy atom. The molecule has 0 saturated carbocycles. The van der Waals surface area contributed by atoms with Crippen LogP contribution in [0.15, 0.2) is 11.8 Å². The van der Waals surface area contributed by atoms with Gasteiger partial charge in [-0.3, -0.25) is 9.59 Å². The summed E-state index contributed by atoms with van der Waals surface area (Å²) in [5.74, 6) is -1.28. The molecule has 16 heavy (non-hydrogen) atoms. The molecule has 0 bridgehead atoms. The third kappa shape index (κ3) is 6.43. The number of hydrogen-bond acceptors (Lipinski definition) is 4. The van der Waals surface area contributed by atoms with Gasteiger partial charge in [0.25, 0.3) is 5.91 Å². The summed E-state index contributed by atoms with van der Waals surface area (Å²) < 4.78 is 0. The van der Waals surface area contributed by atoms with Gasteiger partial charge in [0, 0.05) is 12.7 Å². The van der Waals surface area contributed by atoms with E-state index in [0.717, 1.165) is 6.20 Å². The van der Waals surface area contributed by atoms with Crippen molar-refractivity contribution >= 4 is 11.9 Å². The van der Waals surface area contributed by atoms with Crippen LogP contribution in [0.4, 0.5) is 0 Å². The van der Waals surface area contributed by atoms with E-state index >= 15 is 0 Å². The largest absolute Gasteiger partial charge is 0.480 e. The average molecular weight is 225 g/mol. The van der Waals surface area contributed by atoms with E-state index in [1.54, 1.807) is 6.07 Å². The fraction of sp³-hybridized carbons (Fsp3) is 0.500. The zero-order valence-corrected chi connectivity index (χ0v) is 9.28. The molecule has 3 N–H and O–H groups in total. The Morgan fingerprint density at radius 2 is 2.12 bits per heavy atom. The fourth-order valence-corrected chi connectivity index (χ4v) is 0.781. The first-order chi connectivity index (χ1) is 7.47. The number of nitrogens with one attached hydrogen (secondary N) is 2. The second-order valence-corrected chi connectivity index (χ2v) is 3.55. The van der Waals surface area contributed by atoms with Crippen molar-refractivity contribution in [2.75, 3.05) is 13.1 Å². The molecule has 0 saturated heterocycles. The van der Waals surface area contributed by atoms with E-state index in [0.29, 0.717) is 6.54 Å². The molecule has 1 amide bonds. The van der Waals surface area contributed by atoms with Gasteiger partial charge in [0.2, 0.25) is 0 Å². The molecule has 0 fully saturated rings. The Bertz CT molecular complexity index is 329. The standard InChI is InChI=1S/C10H15N3O3/c1-7(2)4-13-10(16)8(3-11)5-12-6-9(14)15/h5,7,12H,4,6H2,1-2H3,(H,13,16)(H,14,15)/b8-5-. The van der Waals surface area contributed by atoms with Gasteiger partial charge in [0.15, 0.2) is 0 Å². The van der Waals surface area contributed by atoms with Crippen LogP contribution in [-0.2, 0) is 9.59 Å². The molecule has 0 unspecified atom stereocenters. The van der Waals surface area contributed by atoms with E-state index in [1.165, 1.54) is 0 Å². The topological polar surface area (TPSA) is 102 Å². The molecule has 0 aromatic heterocycles. The van der Waals surface area contributed by atoms with Crippen LogP contribution < -0.4 is 10.6 Å². The van der Waals surface area contributed by atoms with Gasteiger partial charge in [-0.15, -0.1) is 0 Å². The van der Waals surface area contributed by atoms with Crippen molar-refractivity contribution in [1.29, 1.82) is 5.26 Å². The highest BCUT2D eigenvalue weighted by Crippen LogP contribution is 1.93. The molecule has 0 aromatic carbocycles. The summed E-state index contributed by atoms with van der Waals surface area (Å²) in [5, 5.41) is 21.9. The van der Waals surface area contributed by atoms with E-state index in [2.05, 4.69) is 10.6 Å². The lowest BCUT2D eigenvalue weighted by molar-refractivity contribution is -0.135. The number of nitriles is 1. The summed E-state index contributed by atoms with van der Waals surface area (Å²) in [6.45, 7) is 4.00. The van der Waals surface area contributed by atoms with Crippen LogP contribution in [0.1, 0.15) is 13.8 Å². The van der Waals surface area contributed by atoms with Crippen LogP contribution in [0.5, 0.6) is 0 Å². The van der Waals surface area contributed by atoms with Crippen LogP contribution >= 0.6 is 0 Å². The van der Waals surface area contributed by atoms with Crippen molar-refractivity contribution in [3.8, 4) is 6.07 Å². The highest BCUT2D eigenvalue weighted by molar-refractivity contribution is 5.97. The van der Waals surface area contributed by atoms with Gasteiger partial charge in [0.05, 0.1) is 0 Å². The maximum atomic E-state index is 11.4. The first kappa shape index (κ1) is 14.0. The summed E-state index contributed by atoms with van der Waals surface area (Å²) in [5.41, 5.74) is -0.137. The van der Waals surface area contributed by atoms with E-state index in [4.69, 9.17) is 10.4 Å². The minimum Gasteiger partial charge on any atom is -0.480 e. The normalized spacial score (nSPS) is 10.8.